The van der Waals surface area contributed by atoms with Crippen LogP contribution in [0.2, 0.25) is 5.02 Å². The van der Waals surface area contributed by atoms with Crippen LogP contribution < -0.4 is 5.32 Å². The molecule has 0 saturated carbocycles. The van der Waals surface area contributed by atoms with Crippen molar-refractivity contribution in [1.29, 1.82) is 0 Å². The molecular formula is C13H16ClFN2O3S. The van der Waals surface area contributed by atoms with Gasteiger partial charge < -0.3 is 5.32 Å². The van der Waals surface area contributed by atoms with Gasteiger partial charge in [-0.15, -0.1) is 0 Å². The quantitative estimate of drug-likeness (QED) is 0.921. The topological polar surface area (TPSA) is 66.5 Å². The fraction of sp³-hybridized carbons (Fsp3) is 0.462. The molecule has 21 heavy (non-hydrogen) atoms. The van der Waals surface area contributed by atoms with E-state index >= 15 is 0 Å². The van der Waals surface area contributed by atoms with Gasteiger partial charge in [-0.1, -0.05) is 18.0 Å². The Hall–Kier alpha value is -1.18. The predicted octanol–water partition coefficient (Wildman–Crippen LogP) is 2.23. The summed E-state index contributed by atoms with van der Waals surface area (Å²) in [5.74, 6) is -0.956. The van der Waals surface area contributed by atoms with E-state index in [1.165, 1.54) is 16.4 Å². The molecule has 1 aromatic rings. The van der Waals surface area contributed by atoms with Gasteiger partial charge in [-0.25, -0.2) is 12.8 Å². The van der Waals surface area contributed by atoms with Crippen LogP contribution in [0.3, 0.4) is 0 Å². The molecule has 1 saturated heterocycles. The molecule has 2 rings (SSSR count). The summed E-state index contributed by atoms with van der Waals surface area (Å²) in [5.41, 5.74) is 0.266. The number of rotatable bonds is 3. The number of halogens is 2. The normalized spacial score (nSPS) is 20.2. The Labute approximate surface area is 128 Å². The molecule has 1 aromatic carbocycles. The fourth-order valence-corrected chi connectivity index (χ4v) is 3.71. The van der Waals surface area contributed by atoms with Crippen molar-refractivity contribution in [2.45, 2.75) is 25.3 Å². The van der Waals surface area contributed by atoms with Crippen LogP contribution in [0, 0.1) is 5.82 Å². The third-order valence-corrected chi connectivity index (χ3v) is 4.97. The molecule has 1 unspecified atom stereocenters. The maximum atomic E-state index is 13.0. The van der Waals surface area contributed by atoms with Crippen LogP contribution >= 0.6 is 11.6 Å². The molecule has 0 spiro atoms. The summed E-state index contributed by atoms with van der Waals surface area (Å²) < 4.78 is 37.6. The second kappa shape index (κ2) is 6.29. The minimum absolute atomic E-state index is 0.0741. The van der Waals surface area contributed by atoms with Gasteiger partial charge in [0.25, 0.3) is 0 Å². The lowest BCUT2D eigenvalue weighted by Crippen LogP contribution is -2.49. The number of anilines is 1. The summed E-state index contributed by atoms with van der Waals surface area (Å²) >= 11 is 5.85. The van der Waals surface area contributed by atoms with E-state index in [0.29, 0.717) is 13.0 Å². The third-order valence-electron chi connectivity index (χ3n) is 3.37. The Morgan fingerprint density at radius 1 is 1.43 bits per heavy atom. The number of sulfonamides is 1. The maximum absolute atomic E-state index is 13.0. The molecular weight excluding hydrogens is 319 g/mol. The van der Waals surface area contributed by atoms with E-state index in [1.54, 1.807) is 0 Å². The van der Waals surface area contributed by atoms with Crippen molar-refractivity contribution in [3.8, 4) is 0 Å². The van der Waals surface area contributed by atoms with Crippen LogP contribution in [0.1, 0.15) is 19.3 Å². The molecule has 1 N–H and O–H groups in total. The van der Waals surface area contributed by atoms with Gasteiger partial charge >= 0.3 is 0 Å². The molecule has 1 amide bonds. The van der Waals surface area contributed by atoms with Crippen molar-refractivity contribution in [3.63, 3.8) is 0 Å². The highest BCUT2D eigenvalue weighted by molar-refractivity contribution is 7.88. The highest BCUT2D eigenvalue weighted by Crippen LogP contribution is 2.25. The Morgan fingerprint density at radius 2 is 2.14 bits per heavy atom. The van der Waals surface area contributed by atoms with Gasteiger partial charge in [0.1, 0.15) is 11.9 Å². The summed E-state index contributed by atoms with van der Waals surface area (Å²) in [6.07, 6.45) is 3.05. The monoisotopic (exact) mass is 334 g/mol. The van der Waals surface area contributed by atoms with Gasteiger partial charge in [-0.2, -0.15) is 4.31 Å². The second-order valence-corrected chi connectivity index (χ2v) is 7.34. The van der Waals surface area contributed by atoms with Crippen molar-refractivity contribution in [1.82, 2.24) is 4.31 Å². The zero-order valence-electron chi connectivity index (χ0n) is 11.5. The van der Waals surface area contributed by atoms with Gasteiger partial charge in [-0.3, -0.25) is 4.79 Å². The Bertz CT molecular complexity index is 651. The van der Waals surface area contributed by atoms with Gasteiger partial charge in [0.05, 0.1) is 17.0 Å². The van der Waals surface area contributed by atoms with Crippen molar-refractivity contribution in [3.05, 3.63) is 29.0 Å². The first-order chi connectivity index (χ1) is 9.79. The molecule has 1 aliphatic rings. The Kier molecular flexibility index (Phi) is 4.85. The smallest absolute Gasteiger partial charge is 0.242 e. The average molecular weight is 335 g/mol. The number of nitrogens with zero attached hydrogens (tertiary/aromatic N) is 1. The molecule has 1 aliphatic heterocycles. The van der Waals surface area contributed by atoms with Crippen molar-refractivity contribution in [2.75, 3.05) is 18.1 Å². The summed E-state index contributed by atoms with van der Waals surface area (Å²) in [4.78, 5) is 12.3. The fourth-order valence-electron chi connectivity index (χ4n) is 2.37. The van der Waals surface area contributed by atoms with E-state index in [4.69, 9.17) is 11.6 Å². The van der Waals surface area contributed by atoms with E-state index in [2.05, 4.69) is 5.32 Å². The lowest BCUT2D eigenvalue weighted by Gasteiger charge is -2.32. The molecule has 1 atom stereocenters. The summed E-state index contributed by atoms with van der Waals surface area (Å²) in [5, 5.41) is 2.64. The minimum Gasteiger partial charge on any atom is -0.323 e. The van der Waals surface area contributed by atoms with Gasteiger partial charge in [0.15, 0.2) is 0 Å². The van der Waals surface area contributed by atoms with E-state index in [9.17, 15) is 17.6 Å². The molecule has 1 heterocycles. The summed E-state index contributed by atoms with van der Waals surface area (Å²) in [6, 6.07) is 2.86. The van der Waals surface area contributed by atoms with Crippen LogP contribution in [-0.4, -0.2) is 37.5 Å². The number of hydrogen-bond donors (Lipinski definition) is 1. The molecule has 1 fully saturated rings. The first kappa shape index (κ1) is 16.2. The highest BCUT2D eigenvalue weighted by Gasteiger charge is 2.34. The number of nitrogens with one attached hydrogen (secondary N) is 1. The molecule has 0 radical (unpaired) electrons. The van der Waals surface area contributed by atoms with Gasteiger partial charge in [0.2, 0.25) is 15.9 Å². The average Bonchev–Trinajstić information content (AvgIpc) is 2.41. The molecule has 0 aromatic heterocycles. The standard InChI is InChI=1S/C13H16ClFN2O3S/c1-21(19,20)17-7-3-2-4-12(17)13(18)16-11-6-5-9(15)8-10(11)14/h5-6,8,12H,2-4,7H2,1H3,(H,16,18). The van der Waals surface area contributed by atoms with E-state index in [0.717, 1.165) is 25.2 Å². The number of carbonyl (C=O) groups excluding carboxylic acids is 1. The molecule has 0 bridgehead atoms. The number of piperidine rings is 1. The van der Waals surface area contributed by atoms with E-state index in [-0.39, 0.29) is 10.7 Å². The number of amides is 1. The van der Waals surface area contributed by atoms with Crippen LogP contribution in [-0.2, 0) is 14.8 Å². The summed E-state index contributed by atoms with van der Waals surface area (Å²) in [6.45, 7) is 0.327. The highest BCUT2D eigenvalue weighted by atomic mass is 35.5. The van der Waals surface area contributed by atoms with Gasteiger partial charge in [0, 0.05) is 6.54 Å². The zero-order valence-corrected chi connectivity index (χ0v) is 13.0. The zero-order chi connectivity index (χ0) is 15.6. The van der Waals surface area contributed by atoms with Crippen LogP contribution in [0.25, 0.3) is 0 Å². The van der Waals surface area contributed by atoms with Crippen LogP contribution in [0.4, 0.5) is 10.1 Å². The third kappa shape index (κ3) is 3.93. The minimum atomic E-state index is -3.45. The first-order valence-corrected chi connectivity index (χ1v) is 8.74. The predicted molar refractivity (Wildman–Crippen MR) is 79.2 cm³/mol. The van der Waals surface area contributed by atoms with Crippen molar-refractivity contribution in [2.24, 2.45) is 0 Å². The molecule has 116 valence electrons. The number of carbonyl (C=O) groups is 1. The van der Waals surface area contributed by atoms with Gasteiger partial charge in [-0.05, 0) is 31.0 Å². The SMILES string of the molecule is CS(=O)(=O)N1CCCCC1C(=O)Nc1ccc(F)cc1Cl. The Balaban J connectivity index is 2.18. The molecule has 5 nitrogen and oxygen atoms in total. The summed E-state index contributed by atoms with van der Waals surface area (Å²) in [7, 11) is -3.45. The molecule has 8 heteroatoms. The lowest BCUT2D eigenvalue weighted by atomic mass is 10.0. The Morgan fingerprint density at radius 3 is 2.76 bits per heavy atom. The van der Waals surface area contributed by atoms with E-state index in [1.807, 2.05) is 0 Å². The second-order valence-electron chi connectivity index (χ2n) is 5.00. The number of benzene rings is 1. The lowest BCUT2D eigenvalue weighted by molar-refractivity contribution is -0.120. The number of hydrogen-bond acceptors (Lipinski definition) is 3. The van der Waals surface area contributed by atoms with E-state index < -0.39 is 27.8 Å². The first-order valence-electron chi connectivity index (χ1n) is 6.52. The maximum Gasteiger partial charge on any atom is 0.242 e. The van der Waals surface area contributed by atoms with Crippen molar-refractivity contribution >= 4 is 33.2 Å². The molecule has 0 aliphatic carbocycles. The largest absolute Gasteiger partial charge is 0.323 e. The van der Waals surface area contributed by atoms with Crippen LogP contribution in [0.5, 0.6) is 0 Å². The van der Waals surface area contributed by atoms with Crippen molar-refractivity contribution < 1.29 is 17.6 Å². The van der Waals surface area contributed by atoms with Crippen LogP contribution in [0.15, 0.2) is 18.2 Å².